The van der Waals surface area contributed by atoms with Crippen molar-refractivity contribution in [1.29, 1.82) is 0 Å². The Morgan fingerprint density at radius 2 is 2.38 bits per heavy atom. The van der Waals surface area contributed by atoms with E-state index in [2.05, 4.69) is 5.92 Å². The van der Waals surface area contributed by atoms with Crippen molar-refractivity contribution in [3.63, 3.8) is 0 Å². The lowest BCUT2D eigenvalue weighted by atomic mass is 10.2. The van der Waals surface area contributed by atoms with Crippen molar-refractivity contribution >= 4 is 6.29 Å². The number of hydrogen-bond acceptors (Lipinski definition) is 1. The van der Waals surface area contributed by atoms with Crippen LogP contribution in [-0.2, 0) is 13.0 Å². The average molecular weight is 175 g/mol. The van der Waals surface area contributed by atoms with Crippen molar-refractivity contribution in [2.24, 2.45) is 0 Å². The third-order valence-electron chi connectivity index (χ3n) is 2.17. The second kappa shape index (κ2) is 3.95. The molecule has 0 unspecified atom stereocenters. The van der Waals surface area contributed by atoms with E-state index in [1.807, 2.05) is 24.5 Å². The molecule has 2 nitrogen and oxygen atoms in total. The smallest absolute Gasteiger partial charge is 0.166 e. The molecule has 0 spiro atoms. The van der Waals surface area contributed by atoms with Gasteiger partial charge >= 0.3 is 0 Å². The first kappa shape index (κ1) is 9.60. The van der Waals surface area contributed by atoms with E-state index in [4.69, 9.17) is 6.42 Å². The van der Waals surface area contributed by atoms with Crippen LogP contribution in [0.5, 0.6) is 0 Å². The van der Waals surface area contributed by atoms with Crippen LogP contribution in [0.25, 0.3) is 0 Å². The topological polar surface area (TPSA) is 22.0 Å². The maximum atomic E-state index is 10.8. The molecule has 1 aromatic rings. The highest BCUT2D eigenvalue weighted by atomic mass is 16.1. The van der Waals surface area contributed by atoms with Crippen LogP contribution in [0.4, 0.5) is 0 Å². The second-order valence-electron chi connectivity index (χ2n) is 2.96. The Bertz CT molecular complexity index is 355. The van der Waals surface area contributed by atoms with Gasteiger partial charge in [-0.2, -0.15) is 0 Å². The van der Waals surface area contributed by atoms with Crippen molar-refractivity contribution in [2.75, 3.05) is 0 Å². The minimum Gasteiger partial charge on any atom is -0.331 e. The monoisotopic (exact) mass is 175 g/mol. The molecule has 2 heteroatoms. The zero-order chi connectivity index (χ0) is 9.84. The van der Waals surface area contributed by atoms with Gasteiger partial charge in [0.25, 0.3) is 0 Å². The molecule has 0 amide bonds. The van der Waals surface area contributed by atoms with Crippen molar-refractivity contribution < 1.29 is 4.79 Å². The molecule has 1 aromatic heterocycles. The van der Waals surface area contributed by atoms with Crippen molar-refractivity contribution in [3.8, 4) is 12.3 Å². The van der Waals surface area contributed by atoms with Crippen LogP contribution in [0.3, 0.4) is 0 Å². The Hall–Kier alpha value is -1.49. The van der Waals surface area contributed by atoms with E-state index in [0.717, 1.165) is 29.7 Å². The summed E-state index contributed by atoms with van der Waals surface area (Å²) in [5.41, 5.74) is 2.84. The van der Waals surface area contributed by atoms with Crippen LogP contribution < -0.4 is 0 Å². The van der Waals surface area contributed by atoms with Gasteiger partial charge in [0.15, 0.2) is 6.29 Å². The Balaban J connectivity index is 3.24. The van der Waals surface area contributed by atoms with E-state index < -0.39 is 0 Å². The minimum atomic E-state index is 0.472. The third kappa shape index (κ3) is 1.65. The lowest BCUT2D eigenvalue weighted by Gasteiger charge is -2.03. The normalized spacial score (nSPS) is 9.62. The molecule has 0 aliphatic heterocycles. The quantitative estimate of drug-likeness (QED) is 0.507. The molecule has 0 atom stereocenters. The van der Waals surface area contributed by atoms with Gasteiger partial charge in [-0.3, -0.25) is 4.79 Å². The first-order chi connectivity index (χ1) is 6.24. The number of hydrogen-bond donors (Lipinski definition) is 0. The molecule has 0 aromatic carbocycles. The molecule has 0 aliphatic rings. The summed E-state index contributed by atoms with van der Waals surface area (Å²) >= 11 is 0. The predicted molar refractivity (Wildman–Crippen MR) is 52.8 cm³/mol. The van der Waals surface area contributed by atoms with Crippen LogP contribution in [0.1, 0.15) is 28.7 Å². The number of terminal acetylenes is 1. The van der Waals surface area contributed by atoms with Gasteiger partial charge in [0, 0.05) is 5.69 Å². The highest BCUT2D eigenvalue weighted by Gasteiger charge is 2.08. The zero-order valence-electron chi connectivity index (χ0n) is 8.00. The summed E-state index contributed by atoms with van der Waals surface area (Å²) in [6, 6.07) is 2.01. The Morgan fingerprint density at radius 3 is 2.85 bits per heavy atom. The number of aromatic nitrogens is 1. The highest BCUT2D eigenvalue weighted by molar-refractivity contribution is 5.75. The van der Waals surface area contributed by atoms with Gasteiger partial charge in [0.05, 0.1) is 12.2 Å². The van der Waals surface area contributed by atoms with Gasteiger partial charge in [-0.25, -0.2) is 0 Å². The van der Waals surface area contributed by atoms with Crippen LogP contribution in [-0.4, -0.2) is 10.9 Å². The van der Waals surface area contributed by atoms with Gasteiger partial charge in [0.1, 0.15) is 0 Å². The number of rotatable bonds is 3. The van der Waals surface area contributed by atoms with Gasteiger partial charge in [0.2, 0.25) is 0 Å². The SMILES string of the molecule is C#CCn1c(C)cc(CC)c1C=O. The summed E-state index contributed by atoms with van der Waals surface area (Å²) in [6.07, 6.45) is 6.96. The van der Waals surface area contributed by atoms with E-state index in [1.165, 1.54) is 0 Å². The number of aldehydes is 1. The maximum Gasteiger partial charge on any atom is 0.166 e. The number of nitrogens with zero attached hydrogens (tertiary/aromatic N) is 1. The largest absolute Gasteiger partial charge is 0.331 e. The number of carbonyl (C=O) groups is 1. The summed E-state index contributed by atoms with van der Waals surface area (Å²) in [6.45, 7) is 4.46. The molecule has 1 rings (SSSR count). The molecular weight excluding hydrogens is 162 g/mol. The van der Waals surface area contributed by atoms with Crippen LogP contribution in [0, 0.1) is 19.3 Å². The lowest BCUT2D eigenvalue weighted by Crippen LogP contribution is -2.03. The fraction of sp³-hybridized carbons (Fsp3) is 0.364. The second-order valence-corrected chi connectivity index (χ2v) is 2.96. The molecular formula is C11H13NO. The van der Waals surface area contributed by atoms with Gasteiger partial charge in [-0.05, 0) is 25.0 Å². The average Bonchev–Trinajstić information content (AvgIpc) is 2.44. The molecule has 0 bridgehead atoms. The van der Waals surface area contributed by atoms with Crippen LogP contribution >= 0.6 is 0 Å². The first-order valence-corrected chi connectivity index (χ1v) is 4.32. The highest BCUT2D eigenvalue weighted by Crippen LogP contribution is 2.14. The van der Waals surface area contributed by atoms with Gasteiger partial charge < -0.3 is 4.57 Å². The Labute approximate surface area is 78.6 Å². The maximum absolute atomic E-state index is 10.8. The third-order valence-corrected chi connectivity index (χ3v) is 2.17. The summed E-state index contributed by atoms with van der Waals surface area (Å²) in [5.74, 6) is 2.54. The van der Waals surface area contributed by atoms with Gasteiger partial charge in [-0.15, -0.1) is 6.42 Å². The zero-order valence-corrected chi connectivity index (χ0v) is 8.00. The first-order valence-electron chi connectivity index (χ1n) is 4.32. The molecule has 0 saturated carbocycles. The van der Waals surface area contributed by atoms with Crippen LogP contribution in [0.2, 0.25) is 0 Å². The summed E-state index contributed by atoms with van der Waals surface area (Å²) in [4.78, 5) is 10.8. The molecule has 0 radical (unpaired) electrons. The van der Waals surface area contributed by atoms with E-state index in [1.54, 1.807) is 0 Å². The van der Waals surface area contributed by atoms with E-state index >= 15 is 0 Å². The molecule has 13 heavy (non-hydrogen) atoms. The number of carbonyl (C=O) groups excluding carboxylic acids is 1. The number of aryl methyl sites for hydroxylation is 2. The molecule has 0 aliphatic carbocycles. The van der Waals surface area contributed by atoms with E-state index in [9.17, 15) is 4.79 Å². The lowest BCUT2D eigenvalue weighted by molar-refractivity contribution is 0.111. The minimum absolute atomic E-state index is 0.472. The predicted octanol–water partition coefficient (Wildman–Crippen LogP) is 1.80. The summed E-state index contributed by atoms with van der Waals surface area (Å²) in [7, 11) is 0. The van der Waals surface area contributed by atoms with Crippen molar-refractivity contribution in [2.45, 2.75) is 26.8 Å². The summed E-state index contributed by atoms with van der Waals surface area (Å²) in [5, 5.41) is 0. The van der Waals surface area contributed by atoms with Gasteiger partial charge in [-0.1, -0.05) is 12.8 Å². The van der Waals surface area contributed by atoms with Crippen molar-refractivity contribution in [3.05, 3.63) is 23.0 Å². The molecule has 0 N–H and O–H groups in total. The Morgan fingerprint density at radius 1 is 1.69 bits per heavy atom. The molecule has 0 fully saturated rings. The fourth-order valence-electron chi connectivity index (χ4n) is 1.49. The molecule has 1 heterocycles. The standard InChI is InChI=1S/C11H13NO/c1-4-6-12-9(3)7-10(5-2)11(12)8-13/h1,7-8H,5-6H2,2-3H3. The van der Waals surface area contributed by atoms with E-state index in [0.29, 0.717) is 6.54 Å². The molecule has 0 saturated heterocycles. The summed E-state index contributed by atoms with van der Waals surface area (Å²) < 4.78 is 1.87. The van der Waals surface area contributed by atoms with Crippen molar-refractivity contribution in [1.82, 2.24) is 4.57 Å². The van der Waals surface area contributed by atoms with Crippen LogP contribution in [0.15, 0.2) is 6.07 Å². The Kier molecular flexibility index (Phi) is 2.92. The van der Waals surface area contributed by atoms with E-state index in [-0.39, 0.29) is 0 Å². The fourth-order valence-corrected chi connectivity index (χ4v) is 1.49. The molecule has 68 valence electrons.